The number of amides is 2. The number of carbonyl (C=O) groups is 1. The van der Waals surface area contributed by atoms with E-state index in [1.54, 1.807) is 0 Å². The minimum atomic E-state index is -0.0910. The van der Waals surface area contributed by atoms with E-state index in [4.69, 9.17) is 0 Å². The van der Waals surface area contributed by atoms with Crippen LogP contribution in [0.4, 0.5) is 4.79 Å². The van der Waals surface area contributed by atoms with Crippen LogP contribution in [-0.2, 0) is 0 Å². The van der Waals surface area contributed by atoms with E-state index >= 15 is 0 Å². The summed E-state index contributed by atoms with van der Waals surface area (Å²) in [6.45, 7) is 8.35. The molecule has 0 aliphatic carbocycles. The predicted molar refractivity (Wildman–Crippen MR) is 54.8 cm³/mol. The third-order valence-electron chi connectivity index (χ3n) is 1.72. The smallest absolute Gasteiger partial charge is 0.314 e. The Bertz CT molecular complexity index is 157. The first-order valence-corrected chi connectivity index (χ1v) is 4.68. The fourth-order valence-electron chi connectivity index (χ4n) is 1.08. The Hall–Kier alpha value is -0.770. The molecule has 78 valence electrons. The molecule has 0 rings (SSSR count). The van der Waals surface area contributed by atoms with Crippen LogP contribution in [-0.4, -0.2) is 32.7 Å². The Labute approximate surface area is 80.5 Å². The minimum absolute atomic E-state index is 0.0910. The normalized spacial score (nSPS) is 11.1. The summed E-state index contributed by atoms with van der Waals surface area (Å²) >= 11 is 0. The molecule has 13 heavy (non-hydrogen) atoms. The molecule has 0 spiro atoms. The Balaban J connectivity index is 3.67. The molecule has 0 atom stereocenters. The number of hydrogen-bond acceptors (Lipinski definition) is 2. The molecule has 0 heterocycles. The van der Waals surface area contributed by atoms with E-state index in [-0.39, 0.29) is 11.4 Å². The van der Waals surface area contributed by atoms with Crippen molar-refractivity contribution in [2.24, 2.45) is 5.41 Å². The van der Waals surface area contributed by atoms with Gasteiger partial charge in [-0.2, -0.15) is 0 Å². The van der Waals surface area contributed by atoms with Gasteiger partial charge in [0, 0.05) is 19.6 Å². The van der Waals surface area contributed by atoms with E-state index in [9.17, 15) is 4.79 Å². The lowest BCUT2D eigenvalue weighted by Gasteiger charge is -2.24. The standard InChI is InChI=1S/C9H21N3O/c1-5-11-8(13)12-7-9(2,3)6-10-4/h10H,5-7H2,1-4H3,(H2,11,12,13). The molecule has 0 saturated carbocycles. The van der Waals surface area contributed by atoms with Gasteiger partial charge in [-0.05, 0) is 19.4 Å². The average Bonchev–Trinajstić information content (AvgIpc) is 2.02. The topological polar surface area (TPSA) is 53.2 Å². The lowest BCUT2D eigenvalue weighted by molar-refractivity contribution is 0.234. The number of nitrogens with one attached hydrogen (secondary N) is 3. The Kier molecular flexibility index (Phi) is 5.46. The van der Waals surface area contributed by atoms with Crippen LogP contribution in [0.1, 0.15) is 20.8 Å². The summed E-state index contributed by atoms with van der Waals surface area (Å²) in [5, 5.41) is 8.60. The van der Waals surface area contributed by atoms with Crippen molar-refractivity contribution < 1.29 is 4.79 Å². The zero-order valence-corrected chi connectivity index (χ0v) is 9.03. The van der Waals surface area contributed by atoms with Crippen molar-refractivity contribution in [3.63, 3.8) is 0 Å². The Morgan fingerprint density at radius 1 is 1.23 bits per heavy atom. The summed E-state index contributed by atoms with van der Waals surface area (Å²) in [7, 11) is 1.91. The maximum absolute atomic E-state index is 11.1. The summed E-state index contributed by atoms with van der Waals surface area (Å²) in [6.07, 6.45) is 0. The van der Waals surface area contributed by atoms with E-state index in [2.05, 4.69) is 29.8 Å². The molecular weight excluding hydrogens is 166 g/mol. The SMILES string of the molecule is CCNC(=O)NCC(C)(C)CNC. The fraction of sp³-hybridized carbons (Fsp3) is 0.889. The molecule has 0 aromatic rings. The largest absolute Gasteiger partial charge is 0.338 e. The first kappa shape index (κ1) is 12.2. The van der Waals surface area contributed by atoms with Gasteiger partial charge in [0.2, 0.25) is 0 Å². The van der Waals surface area contributed by atoms with Gasteiger partial charge in [0.1, 0.15) is 0 Å². The first-order chi connectivity index (χ1) is 6.02. The molecule has 0 fully saturated rings. The van der Waals surface area contributed by atoms with Gasteiger partial charge in [0.05, 0.1) is 0 Å². The zero-order chi connectivity index (χ0) is 10.3. The van der Waals surface area contributed by atoms with Crippen LogP contribution in [0.15, 0.2) is 0 Å². The monoisotopic (exact) mass is 187 g/mol. The van der Waals surface area contributed by atoms with Crippen LogP contribution in [0.5, 0.6) is 0 Å². The van der Waals surface area contributed by atoms with Crippen LogP contribution < -0.4 is 16.0 Å². The van der Waals surface area contributed by atoms with E-state index in [1.165, 1.54) is 0 Å². The third kappa shape index (κ3) is 6.40. The first-order valence-electron chi connectivity index (χ1n) is 4.68. The molecule has 0 radical (unpaired) electrons. The maximum atomic E-state index is 11.1. The van der Waals surface area contributed by atoms with Gasteiger partial charge in [-0.3, -0.25) is 0 Å². The van der Waals surface area contributed by atoms with Crippen LogP contribution in [0.3, 0.4) is 0 Å². The summed E-state index contributed by atoms with van der Waals surface area (Å²) < 4.78 is 0. The molecule has 0 bridgehead atoms. The van der Waals surface area contributed by atoms with Crippen molar-refractivity contribution in [3.8, 4) is 0 Å². The van der Waals surface area contributed by atoms with E-state index in [1.807, 2.05) is 14.0 Å². The highest BCUT2D eigenvalue weighted by molar-refractivity contribution is 5.73. The third-order valence-corrected chi connectivity index (χ3v) is 1.72. The molecule has 0 aliphatic rings. The number of hydrogen-bond donors (Lipinski definition) is 3. The van der Waals surface area contributed by atoms with Crippen molar-refractivity contribution in [3.05, 3.63) is 0 Å². The summed E-state index contributed by atoms with van der Waals surface area (Å²) in [4.78, 5) is 11.1. The van der Waals surface area contributed by atoms with Crippen LogP contribution in [0.2, 0.25) is 0 Å². The van der Waals surface area contributed by atoms with Gasteiger partial charge in [-0.25, -0.2) is 4.79 Å². The Morgan fingerprint density at radius 2 is 1.85 bits per heavy atom. The van der Waals surface area contributed by atoms with Gasteiger partial charge >= 0.3 is 6.03 Å². The molecule has 2 amide bonds. The molecule has 0 unspecified atom stereocenters. The van der Waals surface area contributed by atoms with Gasteiger partial charge in [0.25, 0.3) is 0 Å². The van der Waals surface area contributed by atoms with Crippen LogP contribution in [0, 0.1) is 5.41 Å². The van der Waals surface area contributed by atoms with Crippen LogP contribution in [0.25, 0.3) is 0 Å². The zero-order valence-electron chi connectivity index (χ0n) is 9.03. The molecule has 0 aromatic carbocycles. The molecule has 0 aromatic heterocycles. The van der Waals surface area contributed by atoms with Gasteiger partial charge < -0.3 is 16.0 Å². The Morgan fingerprint density at radius 3 is 2.31 bits per heavy atom. The molecule has 0 aliphatic heterocycles. The van der Waals surface area contributed by atoms with Crippen molar-refractivity contribution in [1.82, 2.24) is 16.0 Å². The second kappa shape index (κ2) is 5.80. The lowest BCUT2D eigenvalue weighted by atomic mass is 9.94. The van der Waals surface area contributed by atoms with Crippen molar-refractivity contribution in [2.75, 3.05) is 26.7 Å². The summed E-state index contributed by atoms with van der Waals surface area (Å²) in [5.41, 5.74) is 0.0971. The second-order valence-corrected chi connectivity index (χ2v) is 3.91. The van der Waals surface area contributed by atoms with Crippen molar-refractivity contribution >= 4 is 6.03 Å². The summed E-state index contributed by atoms with van der Waals surface area (Å²) in [6, 6.07) is -0.0910. The van der Waals surface area contributed by atoms with Gasteiger partial charge in [0.15, 0.2) is 0 Å². The van der Waals surface area contributed by atoms with Gasteiger partial charge in [-0.1, -0.05) is 13.8 Å². The molecular formula is C9H21N3O. The highest BCUT2D eigenvalue weighted by Crippen LogP contribution is 2.10. The average molecular weight is 187 g/mol. The summed E-state index contributed by atoms with van der Waals surface area (Å²) in [5.74, 6) is 0. The van der Waals surface area contributed by atoms with Crippen LogP contribution >= 0.6 is 0 Å². The van der Waals surface area contributed by atoms with Crippen molar-refractivity contribution in [1.29, 1.82) is 0 Å². The minimum Gasteiger partial charge on any atom is -0.338 e. The molecule has 4 nitrogen and oxygen atoms in total. The quantitative estimate of drug-likeness (QED) is 0.589. The molecule has 4 heteroatoms. The number of urea groups is 1. The molecule has 3 N–H and O–H groups in total. The second-order valence-electron chi connectivity index (χ2n) is 3.91. The van der Waals surface area contributed by atoms with E-state index in [0.29, 0.717) is 13.1 Å². The number of rotatable bonds is 5. The van der Waals surface area contributed by atoms with E-state index in [0.717, 1.165) is 6.54 Å². The fourth-order valence-corrected chi connectivity index (χ4v) is 1.08. The van der Waals surface area contributed by atoms with Gasteiger partial charge in [-0.15, -0.1) is 0 Å². The predicted octanol–water partition coefficient (Wildman–Crippen LogP) is 0.551. The highest BCUT2D eigenvalue weighted by Gasteiger charge is 2.17. The lowest BCUT2D eigenvalue weighted by Crippen LogP contribution is -2.43. The number of carbonyl (C=O) groups excluding carboxylic acids is 1. The van der Waals surface area contributed by atoms with E-state index < -0.39 is 0 Å². The maximum Gasteiger partial charge on any atom is 0.314 e. The highest BCUT2D eigenvalue weighted by atomic mass is 16.2. The van der Waals surface area contributed by atoms with Crippen molar-refractivity contribution in [2.45, 2.75) is 20.8 Å². The molecule has 0 saturated heterocycles.